The van der Waals surface area contributed by atoms with Crippen molar-refractivity contribution in [3.63, 3.8) is 0 Å². The summed E-state index contributed by atoms with van der Waals surface area (Å²) in [6.45, 7) is 28.3. The quantitative estimate of drug-likeness (QED) is 0.261. The van der Waals surface area contributed by atoms with Crippen LogP contribution < -0.4 is 0 Å². The zero-order chi connectivity index (χ0) is 26.4. The van der Waals surface area contributed by atoms with Crippen LogP contribution in [0.25, 0.3) is 0 Å². The van der Waals surface area contributed by atoms with Gasteiger partial charge in [0.05, 0.1) is 0 Å². The highest BCUT2D eigenvalue weighted by atomic mass is 28.4. The first kappa shape index (κ1) is 32.4. The average Bonchev–Trinajstić information content (AvgIpc) is 2.49. The molecule has 0 radical (unpaired) electrons. The molecule has 3 atom stereocenters. The third-order valence-corrected chi connectivity index (χ3v) is 21.1. The lowest BCUT2D eigenvalue weighted by molar-refractivity contribution is -0.402. The minimum atomic E-state index is -2.78. The lowest BCUT2D eigenvalue weighted by Gasteiger charge is -2.54. The standard InChI is InChI=1S/C22H52O7Si3/c1-18(2,3)30(10,11)27-17(24)22(26,29-32(14,15)20(7,8)9)21(25,16-23)28-31(12,13)19(4,5)6/h17,23-26H,16H2,1-15H3/t17?,21-,22-/m1/s1. The van der Waals surface area contributed by atoms with E-state index in [9.17, 15) is 20.4 Å². The lowest BCUT2D eigenvalue weighted by atomic mass is 10.1. The van der Waals surface area contributed by atoms with E-state index in [2.05, 4.69) is 0 Å². The van der Waals surface area contributed by atoms with Crippen molar-refractivity contribution in [2.45, 2.75) is 135 Å². The summed E-state index contributed by atoms with van der Waals surface area (Å²) in [7, 11) is -8.10. The van der Waals surface area contributed by atoms with Crippen molar-refractivity contribution in [2.75, 3.05) is 6.61 Å². The molecule has 0 bridgehead atoms. The number of rotatable bonds is 9. The summed E-state index contributed by atoms with van der Waals surface area (Å²) in [6, 6.07) is 0. The minimum Gasteiger partial charge on any atom is -0.391 e. The molecule has 0 aliphatic heterocycles. The molecule has 7 nitrogen and oxygen atoms in total. The highest BCUT2D eigenvalue weighted by Crippen LogP contribution is 2.47. The molecule has 10 heteroatoms. The topological polar surface area (TPSA) is 109 Å². The van der Waals surface area contributed by atoms with Gasteiger partial charge in [0.2, 0.25) is 12.1 Å². The van der Waals surface area contributed by atoms with Crippen LogP contribution in [0.15, 0.2) is 0 Å². The van der Waals surface area contributed by atoms with Gasteiger partial charge in [0.1, 0.15) is 6.61 Å². The second kappa shape index (κ2) is 9.44. The Morgan fingerprint density at radius 1 is 0.625 bits per heavy atom. The largest absolute Gasteiger partial charge is 0.391 e. The van der Waals surface area contributed by atoms with E-state index in [-0.39, 0.29) is 15.1 Å². The predicted octanol–water partition coefficient (Wildman–Crippen LogP) is 4.74. The molecule has 0 heterocycles. The van der Waals surface area contributed by atoms with E-state index in [1.165, 1.54) is 0 Å². The highest BCUT2D eigenvalue weighted by Gasteiger charge is 2.64. The van der Waals surface area contributed by atoms with Crippen LogP contribution in [-0.4, -0.2) is 69.8 Å². The third kappa shape index (κ3) is 6.73. The molecular weight excluding hydrogens is 460 g/mol. The fraction of sp³-hybridized carbons (Fsp3) is 1.00. The van der Waals surface area contributed by atoms with Crippen molar-refractivity contribution in [3.8, 4) is 0 Å². The first-order valence-corrected chi connectivity index (χ1v) is 20.1. The Bertz CT molecular complexity index is 633. The number of hydrogen-bond donors (Lipinski definition) is 4. The summed E-state index contributed by atoms with van der Waals surface area (Å²) >= 11 is 0. The first-order chi connectivity index (χ1) is 13.6. The SMILES string of the molecule is CC(C)(C)[Si](C)(C)OC(O)[C@@](O)(O[Si](C)(C)C(C)(C)C)[C@@](O)(CO)O[Si](C)(C)C(C)(C)C. The molecule has 0 aromatic rings. The molecule has 32 heavy (non-hydrogen) atoms. The van der Waals surface area contributed by atoms with Gasteiger partial charge in [-0.15, -0.1) is 0 Å². The van der Waals surface area contributed by atoms with E-state index in [1.807, 2.05) is 102 Å². The van der Waals surface area contributed by atoms with Gasteiger partial charge >= 0.3 is 0 Å². The third-order valence-electron chi connectivity index (χ3n) is 7.77. The minimum absolute atomic E-state index is 0.274. The van der Waals surface area contributed by atoms with Gasteiger partial charge in [-0.2, -0.15) is 0 Å². The van der Waals surface area contributed by atoms with Crippen LogP contribution in [0.1, 0.15) is 62.3 Å². The van der Waals surface area contributed by atoms with E-state index in [0.717, 1.165) is 0 Å². The van der Waals surface area contributed by atoms with Crippen LogP contribution in [-0.2, 0) is 13.3 Å². The van der Waals surface area contributed by atoms with Gasteiger partial charge in [-0.1, -0.05) is 62.3 Å². The van der Waals surface area contributed by atoms with Gasteiger partial charge in [0.15, 0.2) is 25.0 Å². The normalized spacial score (nSPS) is 20.0. The molecular formula is C22H52O7Si3. The van der Waals surface area contributed by atoms with E-state index in [1.54, 1.807) is 0 Å². The maximum absolute atomic E-state index is 11.9. The molecule has 0 rings (SSSR count). The summed E-state index contributed by atoms with van der Waals surface area (Å²) in [4.78, 5) is 0. The van der Waals surface area contributed by atoms with E-state index in [0.29, 0.717) is 0 Å². The van der Waals surface area contributed by atoms with Gasteiger partial charge in [-0.05, 0) is 54.4 Å². The molecule has 4 N–H and O–H groups in total. The van der Waals surface area contributed by atoms with Crippen molar-refractivity contribution < 1.29 is 33.7 Å². The molecule has 0 aliphatic rings. The van der Waals surface area contributed by atoms with Crippen molar-refractivity contribution in [3.05, 3.63) is 0 Å². The Balaban J connectivity index is 6.72. The van der Waals surface area contributed by atoms with Gasteiger partial charge in [-0.3, -0.25) is 0 Å². The van der Waals surface area contributed by atoms with E-state index >= 15 is 0 Å². The summed E-state index contributed by atoms with van der Waals surface area (Å²) in [6.07, 6.45) is -1.93. The molecule has 0 aliphatic carbocycles. The maximum atomic E-state index is 11.9. The van der Waals surface area contributed by atoms with E-state index in [4.69, 9.17) is 13.3 Å². The second-order valence-corrected chi connectivity index (χ2v) is 27.8. The lowest BCUT2D eigenvalue weighted by Crippen LogP contribution is -2.73. The van der Waals surface area contributed by atoms with E-state index < -0.39 is 49.4 Å². The zero-order valence-corrected chi connectivity index (χ0v) is 26.3. The summed E-state index contributed by atoms with van der Waals surface area (Å²) in [5, 5.41) is 44.2. The van der Waals surface area contributed by atoms with Crippen molar-refractivity contribution in [1.29, 1.82) is 0 Å². The summed E-state index contributed by atoms with van der Waals surface area (Å²) < 4.78 is 18.5. The Labute approximate surface area is 199 Å². The molecule has 1 unspecified atom stereocenters. The van der Waals surface area contributed by atoms with Gasteiger partial charge < -0.3 is 33.7 Å². The van der Waals surface area contributed by atoms with Gasteiger partial charge in [-0.25, -0.2) is 0 Å². The maximum Gasteiger partial charge on any atom is 0.265 e. The molecule has 0 amide bonds. The molecule has 0 aromatic carbocycles. The molecule has 194 valence electrons. The van der Waals surface area contributed by atoms with Crippen LogP contribution in [0.5, 0.6) is 0 Å². The zero-order valence-electron chi connectivity index (χ0n) is 23.3. The molecule has 0 fully saturated rings. The number of hydrogen-bond acceptors (Lipinski definition) is 7. The monoisotopic (exact) mass is 512 g/mol. The molecule has 0 saturated heterocycles. The second-order valence-electron chi connectivity index (χ2n) is 13.6. The Kier molecular flexibility index (Phi) is 9.55. The fourth-order valence-electron chi connectivity index (χ4n) is 2.19. The number of aliphatic hydroxyl groups excluding tert-OH is 2. The molecule has 0 saturated carbocycles. The van der Waals surface area contributed by atoms with Gasteiger partial charge in [0.25, 0.3) is 5.79 Å². The molecule has 0 spiro atoms. The van der Waals surface area contributed by atoms with Crippen LogP contribution in [0.4, 0.5) is 0 Å². The smallest absolute Gasteiger partial charge is 0.265 e. The highest BCUT2D eigenvalue weighted by molar-refractivity contribution is 6.75. The van der Waals surface area contributed by atoms with Crippen molar-refractivity contribution in [1.82, 2.24) is 0 Å². The fourth-order valence-corrected chi connectivity index (χ4v) is 5.97. The Hall–Kier alpha value is 0.371. The first-order valence-electron chi connectivity index (χ1n) is 11.4. The Morgan fingerprint density at radius 3 is 1.22 bits per heavy atom. The van der Waals surface area contributed by atoms with Gasteiger partial charge in [0, 0.05) is 0 Å². The van der Waals surface area contributed by atoms with Crippen LogP contribution in [0, 0.1) is 0 Å². The molecule has 0 aromatic heterocycles. The summed E-state index contributed by atoms with van der Waals surface area (Å²) in [5.41, 5.74) is 0. The number of aliphatic hydroxyl groups is 4. The Morgan fingerprint density at radius 2 is 0.938 bits per heavy atom. The van der Waals surface area contributed by atoms with Crippen molar-refractivity contribution in [2.24, 2.45) is 0 Å². The van der Waals surface area contributed by atoms with Crippen LogP contribution in [0.3, 0.4) is 0 Å². The summed E-state index contributed by atoms with van der Waals surface area (Å²) in [5.74, 6) is -5.29. The average molecular weight is 513 g/mol. The van der Waals surface area contributed by atoms with Crippen LogP contribution >= 0.6 is 0 Å². The van der Waals surface area contributed by atoms with Crippen LogP contribution in [0.2, 0.25) is 54.4 Å². The predicted molar refractivity (Wildman–Crippen MR) is 138 cm³/mol. The van der Waals surface area contributed by atoms with Crippen molar-refractivity contribution >= 4 is 25.0 Å².